The van der Waals surface area contributed by atoms with Crippen LogP contribution in [0.15, 0.2) is 48.5 Å². The van der Waals surface area contributed by atoms with Gasteiger partial charge in [0.15, 0.2) is 0 Å². The first-order valence-electron chi connectivity index (χ1n) is 6.06. The van der Waals surface area contributed by atoms with Crippen LogP contribution in [0.3, 0.4) is 0 Å². The van der Waals surface area contributed by atoms with E-state index >= 15 is 0 Å². The van der Waals surface area contributed by atoms with Crippen LogP contribution >= 0.6 is 12.4 Å². The molecule has 0 heterocycles. The molecule has 0 aliphatic carbocycles. The minimum Gasteiger partial charge on any atom is -0.399 e. The van der Waals surface area contributed by atoms with Crippen molar-refractivity contribution in [1.82, 2.24) is 0 Å². The smallest absolute Gasteiger partial charge is 0.0389 e. The Hall–Kier alpha value is -2.33. The zero-order valence-electron chi connectivity index (χ0n) is 11.0. The van der Waals surface area contributed by atoms with Crippen LogP contribution in [0, 0.1) is 0 Å². The minimum atomic E-state index is 0. The van der Waals surface area contributed by atoms with Crippen molar-refractivity contribution in [2.45, 2.75) is 0 Å². The van der Waals surface area contributed by atoms with Gasteiger partial charge in [-0.3, -0.25) is 0 Å². The summed E-state index contributed by atoms with van der Waals surface area (Å²) >= 11 is 0. The van der Waals surface area contributed by atoms with Crippen LogP contribution in [0.5, 0.6) is 0 Å². The third-order valence-electron chi connectivity index (χ3n) is 2.72. The molecule has 4 nitrogen and oxygen atoms in total. The Labute approximate surface area is 125 Å². The van der Waals surface area contributed by atoms with E-state index < -0.39 is 0 Å². The average Bonchev–Trinajstić information content (AvgIpc) is 2.39. The maximum absolute atomic E-state index is 5.86. The minimum absolute atomic E-state index is 0. The highest BCUT2D eigenvalue weighted by Crippen LogP contribution is 2.17. The van der Waals surface area contributed by atoms with Crippen molar-refractivity contribution >= 4 is 41.2 Å². The molecule has 0 saturated heterocycles. The van der Waals surface area contributed by atoms with Crippen LogP contribution in [0.25, 0.3) is 6.08 Å². The molecule has 5 heteroatoms. The fourth-order valence-electron chi connectivity index (χ4n) is 1.75. The Morgan fingerprint density at radius 2 is 1.70 bits per heavy atom. The van der Waals surface area contributed by atoms with Gasteiger partial charge in [-0.05, 0) is 42.0 Å². The Balaban J connectivity index is 0.00000200. The third kappa shape index (κ3) is 4.40. The van der Waals surface area contributed by atoms with E-state index in [4.69, 9.17) is 17.2 Å². The van der Waals surface area contributed by atoms with E-state index in [-0.39, 0.29) is 12.4 Å². The number of halogens is 1. The monoisotopic (exact) mass is 290 g/mol. The number of hydrogen-bond donors (Lipinski definition) is 4. The zero-order chi connectivity index (χ0) is 13.7. The molecule has 7 N–H and O–H groups in total. The van der Waals surface area contributed by atoms with E-state index in [0.29, 0.717) is 12.2 Å². The quantitative estimate of drug-likeness (QED) is 0.652. The third-order valence-corrected chi connectivity index (χ3v) is 2.72. The maximum Gasteiger partial charge on any atom is 0.0389 e. The Morgan fingerprint density at radius 3 is 2.45 bits per heavy atom. The summed E-state index contributed by atoms with van der Waals surface area (Å²) in [5.74, 6) is 0. The molecule has 0 spiro atoms. The van der Waals surface area contributed by atoms with Crippen molar-refractivity contribution in [2.24, 2.45) is 0 Å². The van der Waals surface area contributed by atoms with Gasteiger partial charge in [-0.2, -0.15) is 0 Å². The molecule has 0 unspecified atom stereocenters. The van der Waals surface area contributed by atoms with Gasteiger partial charge in [-0.15, -0.1) is 12.4 Å². The number of nitrogens with one attached hydrogen (secondary N) is 1. The maximum atomic E-state index is 5.86. The van der Waals surface area contributed by atoms with E-state index in [1.54, 1.807) is 12.1 Å². The van der Waals surface area contributed by atoms with Crippen molar-refractivity contribution in [3.8, 4) is 0 Å². The molecule has 0 bridgehead atoms. The Kier molecular flexibility index (Phi) is 5.74. The first-order chi connectivity index (χ1) is 9.15. The molecule has 0 radical (unpaired) electrons. The lowest BCUT2D eigenvalue weighted by Gasteiger charge is -2.04. The van der Waals surface area contributed by atoms with Crippen molar-refractivity contribution in [3.63, 3.8) is 0 Å². The summed E-state index contributed by atoms with van der Waals surface area (Å²) in [5.41, 5.74) is 21.4. The number of nitrogen functional groups attached to an aromatic ring is 3. The topological polar surface area (TPSA) is 90.1 Å². The molecule has 0 saturated carbocycles. The number of rotatable bonds is 4. The van der Waals surface area contributed by atoms with Gasteiger partial charge in [0.25, 0.3) is 0 Å². The van der Waals surface area contributed by atoms with Crippen LogP contribution < -0.4 is 22.5 Å². The SMILES string of the molecule is Cl.Nc1cccc(NC/C=C/c2cc(N)ccc2N)c1. The van der Waals surface area contributed by atoms with E-state index in [1.165, 1.54) is 0 Å². The van der Waals surface area contributed by atoms with Gasteiger partial charge in [0.1, 0.15) is 0 Å². The summed E-state index contributed by atoms with van der Waals surface area (Å²) in [7, 11) is 0. The summed E-state index contributed by atoms with van der Waals surface area (Å²) in [6.45, 7) is 0.692. The Morgan fingerprint density at radius 1 is 0.950 bits per heavy atom. The van der Waals surface area contributed by atoms with E-state index in [1.807, 2.05) is 42.5 Å². The second-order valence-electron chi connectivity index (χ2n) is 4.30. The molecular weight excluding hydrogens is 272 g/mol. The lowest BCUT2D eigenvalue weighted by Crippen LogP contribution is -1.99. The van der Waals surface area contributed by atoms with E-state index in [2.05, 4.69) is 5.32 Å². The first-order valence-corrected chi connectivity index (χ1v) is 6.06. The van der Waals surface area contributed by atoms with Crippen LogP contribution in [-0.4, -0.2) is 6.54 Å². The molecule has 2 aromatic rings. The molecule has 20 heavy (non-hydrogen) atoms. The number of hydrogen-bond acceptors (Lipinski definition) is 4. The summed E-state index contributed by atoms with van der Waals surface area (Å²) in [6.07, 6.45) is 3.94. The largest absolute Gasteiger partial charge is 0.399 e. The molecule has 0 atom stereocenters. The molecule has 0 aliphatic heterocycles. The zero-order valence-corrected chi connectivity index (χ0v) is 11.9. The van der Waals surface area contributed by atoms with E-state index in [0.717, 1.165) is 22.6 Å². The lowest BCUT2D eigenvalue weighted by atomic mass is 10.1. The molecule has 0 amide bonds. The van der Waals surface area contributed by atoms with Gasteiger partial charge < -0.3 is 22.5 Å². The van der Waals surface area contributed by atoms with Gasteiger partial charge in [-0.1, -0.05) is 18.2 Å². The summed E-state index contributed by atoms with van der Waals surface area (Å²) in [6, 6.07) is 13.1. The van der Waals surface area contributed by atoms with Crippen LogP contribution in [0.2, 0.25) is 0 Å². The summed E-state index contributed by atoms with van der Waals surface area (Å²) < 4.78 is 0. The van der Waals surface area contributed by atoms with Gasteiger partial charge in [0, 0.05) is 29.3 Å². The normalized spacial score (nSPS) is 10.2. The summed E-state index contributed by atoms with van der Waals surface area (Å²) in [4.78, 5) is 0. The van der Waals surface area contributed by atoms with E-state index in [9.17, 15) is 0 Å². The highest BCUT2D eigenvalue weighted by atomic mass is 35.5. The molecule has 0 fully saturated rings. The highest BCUT2D eigenvalue weighted by Gasteiger charge is 1.95. The number of nitrogens with two attached hydrogens (primary N) is 3. The van der Waals surface area contributed by atoms with Crippen LogP contribution in [0.1, 0.15) is 5.56 Å². The average molecular weight is 291 g/mol. The molecule has 0 aromatic heterocycles. The molecule has 106 valence electrons. The highest BCUT2D eigenvalue weighted by molar-refractivity contribution is 5.85. The fourth-order valence-corrected chi connectivity index (χ4v) is 1.75. The number of benzene rings is 2. The number of anilines is 4. The standard InChI is InChI=1S/C15H18N4.ClH/c16-12-4-1-5-14(10-12)19-8-2-3-11-9-13(17)6-7-15(11)18;/h1-7,9-10,19H,8,16-18H2;1H/b3-2+;. The van der Waals surface area contributed by atoms with Crippen molar-refractivity contribution in [2.75, 3.05) is 29.1 Å². The van der Waals surface area contributed by atoms with Gasteiger partial charge in [0.05, 0.1) is 0 Å². The second-order valence-corrected chi connectivity index (χ2v) is 4.30. The Bertz CT molecular complexity index is 596. The first kappa shape index (κ1) is 15.7. The molecule has 2 aromatic carbocycles. The van der Waals surface area contributed by atoms with Gasteiger partial charge in [-0.25, -0.2) is 0 Å². The molecular formula is C15H19ClN4. The molecule has 0 aliphatic rings. The van der Waals surface area contributed by atoms with Crippen LogP contribution in [0.4, 0.5) is 22.7 Å². The van der Waals surface area contributed by atoms with Crippen molar-refractivity contribution in [3.05, 3.63) is 54.1 Å². The molecule has 2 rings (SSSR count). The van der Waals surface area contributed by atoms with Crippen molar-refractivity contribution in [1.29, 1.82) is 0 Å². The predicted octanol–water partition coefficient (Wildman–Crippen LogP) is 2.98. The fraction of sp³-hybridized carbons (Fsp3) is 0.0667. The van der Waals surface area contributed by atoms with Crippen LogP contribution in [-0.2, 0) is 0 Å². The summed E-state index contributed by atoms with van der Waals surface area (Å²) in [5, 5.41) is 3.25. The second kappa shape index (κ2) is 7.31. The van der Waals surface area contributed by atoms with Gasteiger partial charge >= 0.3 is 0 Å². The van der Waals surface area contributed by atoms with Gasteiger partial charge in [0.2, 0.25) is 0 Å². The predicted molar refractivity (Wildman–Crippen MR) is 90.9 cm³/mol. The van der Waals surface area contributed by atoms with Crippen molar-refractivity contribution < 1.29 is 0 Å². The lowest BCUT2D eigenvalue weighted by molar-refractivity contribution is 1.34.